The van der Waals surface area contributed by atoms with Crippen molar-refractivity contribution < 1.29 is 82.6 Å². The highest BCUT2D eigenvalue weighted by molar-refractivity contribution is 5.89. The predicted molar refractivity (Wildman–Crippen MR) is 246 cm³/mol. The van der Waals surface area contributed by atoms with Crippen LogP contribution in [0.2, 0.25) is 0 Å². The second-order valence-corrected chi connectivity index (χ2v) is 19.9. The third-order valence-corrected chi connectivity index (χ3v) is 14.4. The Labute approximate surface area is 398 Å². The molecule has 5 rings (SSSR count). The average molecular weight is 969 g/mol. The topological polar surface area (TPSA) is 267 Å². The Balaban J connectivity index is 1.64. The fourth-order valence-electron chi connectivity index (χ4n) is 10.2. The fraction of sp³-hybridized carbons (Fsp3) is 0.771. The number of esters is 1. The molecule has 3 aliphatic rings. The lowest BCUT2D eigenvalue weighted by Crippen LogP contribution is -2.61. The lowest BCUT2D eigenvalue weighted by atomic mass is 9.74. The van der Waals surface area contributed by atoms with Gasteiger partial charge in [0.25, 0.3) is 0 Å². The highest BCUT2D eigenvalue weighted by Gasteiger charge is 2.53. The van der Waals surface area contributed by atoms with Crippen molar-refractivity contribution >= 4 is 22.7 Å². The van der Waals surface area contributed by atoms with Crippen LogP contribution in [0.4, 0.5) is 0 Å². The summed E-state index contributed by atoms with van der Waals surface area (Å²) in [6, 6.07) is 3.98. The second-order valence-electron chi connectivity index (χ2n) is 19.9. The summed E-state index contributed by atoms with van der Waals surface area (Å²) in [6.45, 7) is 13.3. The van der Waals surface area contributed by atoms with E-state index in [1.807, 2.05) is 25.9 Å². The maximum atomic E-state index is 14.4. The molecule has 0 aliphatic carbocycles. The summed E-state index contributed by atoms with van der Waals surface area (Å²) < 4.78 is 53.8. The van der Waals surface area contributed by atoms with Crippen molar-refractivity contribution in [2.45, 2.75) is 172 Å². The van der Waals surface area contributed by atoms with Gasteiger partial charge in [0, 0.05) is 60.4 Å². The standard InChI is InChI=1S/C48H76N2O18/c1-23-19-46(7,57)43(68-45-39(53)31(50(10)11)15-24(2)63-45)26(4)40(67-37-20-47(8,61-14)42(55)28(6)64-37)27(5)44(56)66-35(21-51)48(9,58)41(54)25(3)38(23)49-62-22-29-16-36(52)65-32-18-34(60-13)33(59-12)17-30(29)32/h16-18,23-28,31,35,37,39-43,45,51,53-55,57-58H,15,19-22H2,1-14H3/b49-38-/t23-,24-,25+,26+,27-,28+,31+,35-,37?,39-,40+,41-,42+,43-,45?,46-,47-,48-/m1/s1. The number of likely N-dealkylation sites (N-methyl/N-ethyl adjacent to an activating group) is 1. The largest absolute Gasteiger partial charge is 0.493 e. The van der Waals surface area contributed by atoms with Gasteiger partial charge in [-0.2, -0.15) is 0 Å². The minimum atomic E-state index is -2.30. The van der Waals surface area contributed by atoms with Gasteiger partial charge in [0.1, 0.15) is 30.0 Å². The van der Waals surface area contributed by atoms with Crippen molar-refractivity contribution in [2.75, 3.05) is 42.0 Å². The summed E-state index contributed by atoms with van der Waals surface area (Å²) in [5.74, 6) is -4.33. The van der Waals surface area contributed by atoms with E-state index in [4.69, 9.17) is 47.1 Å². The molecular formula is C48H76N2O18. The van der Waals surface area contributed by atoms with Gasteiger partial charge in [-0.1, -0.05) is 25.9 Å². The first-order valence-corrected chi connectivity index (χ1v) is 23.3. The van der Waals surface area contributed by atoms with E-state index in [-0.39, 0.29) is 36.8 Å². The number of benzene rings is 1. The van der Waals surface area contributed by atoms with Crippen LogP contribution in [0.5, 0.6) is 11.5 Å². The van der Waals surface area contributed by atoms with E-state index in [0.29, 0.717) is 28.9 Å². The molecule has 0 bridgehead atoms. The van der Waals surface area contributed by atoms with E-state index in [2.05, 4.69) is 5.16 Å². The third kappa shape index (κ3) is 11.8. The Morgan fingerprint density at radius 2 is 1.50 bits per heavy atom. The third-order valence-electron chi connectivity index (χ3n) is 14.4. The molecule has 18 atom stereocenters. The van der Waals surface area contributed by atoms with Crippen LogP contribution in [-0.4, -0.2) is 174 Å². The molecule has 6 N–H and O–H groups in total. The number of carbonyl (C=O) groups excluding carboxylic acids is 1. The number of aliphatic hydroxyl groups is 6. The van der Waals surface area contributed by atoms with Crippen molar-refractivity contribution in [1.29, 1.82) is 0 Å². The summed E-state index contributed by atoms with van der Waals surface area (Å²) in [4.78, 5) is 35.0. The van der Waals surface area contributed by atoms with Gasteiger partial charge in [0.05, 0.1) is 74.2 Å². The first-order valence-electron chi connectivity index (χ1n) is 23.3. The van der Waals surface area contributed by atoms with Crippen LogP contribution in [0, 0.1) is 23.7 Å². The number of hydrogen-bond acceptors (Lipinski definition) is 20. The van der Waals surface area contributed by atoms with Crippen LogP contribution in [0.1, 0.15) is 87.1 Å². The number of rotatable bonds is 12. The molecule has 0 saturated carbocycles. The molecule has 3 aliphatic heterocycles. The van der Waals surface area contributed by atoms with E-state index >= 15 is 0 Å². The zero-order valence-electron chi connectivity index (χ0n) is 41.9. The average Bonchev–Trinajstić information content (AvgIpc) is 3.28. The molecule has 0 spiro atoms. The molecule has 2 unspecified atom stereocenters. The van der Waals surface area contributed by atoms with Crippen molar-refractivity contribution in [1.82, 2.24) is 4.90 Å². The Morgan fingerprint density at radius 3 is 2.10 bits per heavy atom. The highest BCUT2D eigenvalue weighted by atomic mass is 16.7. The van der Waals surface area contributed by atoms with Crippen LogP contribution in [0.15, 0.2) is 32.6 Å². The monoisotopic (exact) mass is 969 g/mol. The van der Waals surface area contributed by atoms with Gasteiger partial charge in [0.2, 0.25) is 0 Å². The number of cyclic esters (lactones) is 1. The van der Waals surface area contributed by atoms with E-state index in [0.717, 1.165) is 0 Å². The Morgan fingerprint density at radius 1 is 0.853 bits per heavy atom. The van der Waals surface area contributed by atoms with E-state index in [9.17, 15) is 40.2 Å². The molecular weight excluding hydrogens is 893 g/mol. The number of fused-ring (bicyclic) bond motifs is 1. The normalized spacial score (nSPS) is 40.8. The lowest BCUT2D eigenvalue weighted by Gasteiger charge is -2.49. The maximum absolute atomic E-state index is 14.4. The summed E-state index contributed by atoms with van der Waals surface area (Å²) in [6.07, 6.45) is -11.4. The minimum absolute atomic E-state index is 0.0225. The van der Waals surface area contributed by atoms with Crippen molar-refractivity contribution in [3.63, 3.8) is 0 Å². The molecule has 20 heteroatoms. The van der Waals surface area contributed by atoms with Crippen molar-refractivity contribution in [3.8, 4) is 11.5 Å². The zero-order chi connectivity index (χ0) is 50.8. The Hall–Kier alpha value is -3.51. The first kappa shape index (κ1) is 55.4. The molecule has 386 valence electrons. The molecule has 0 radical (unpaired) electrons. The number of carbonyl (C=O) groups is 1. The molecule has 1 aromatic heterocycles. The van der Waals surface area contributed by atoms with Crippen LogP contribution in [-0.2, 0) is 44.7 Å². The van der Waals surface area contributed by atoms with Crippen LogP contribution in [0.25, 0.3) is 11.0 Å². The molecule has 20 nitrogen and oxygen atoms in total. The zero-order valence-corrected chi connectivity index (χ0v) is 41.9. The SMILES string of the molecule is COc1cc2oc(=O)cc(CO/N=C3/[C@H](C)C[C@@](C)(O)[C@H](OC4O[C@H](C)C[C@H](N(C)C)[C@H]4O)[C@@H](C)[C@H](OC4C[C@@](C)(OC)[C@@H](O)[C@H](C)O4)[C@@H](C)C(=O)O[C@H](CO)[C@@](C)(O)[C@H](O)[C@H]3C)c2cc1OC. The van der Waals surface area contributed by atoms with Gasteiger partial charge in [-0.05, 0) is 74.5 Å². The van der Waals surface area contributed by atoms with E-state index in [1.54, 1.807) is 40.7 Å². The van der Waals surface area contributed by atoms with Gasteiger partial charge in [-0.25, -0.2) is 4.79 Å². The summed E-state index contributed by atoms with van der Waals surface area (Å²) >= 11 is 0. The number of methoxy groups -OCH3 is 3. The molecule has 0 amide bonds. The molecule has 68 heavy (non-hydrogen) atoms. The van der Waals surface area contributed by atoms with Crippen LogP contribution in [0.3, 0.4) is 0 Å². The number of nitrogens with zero attached hydrogens (tertiary/aromatic N) is 2. The molecule has 1 aromatic carbocycles. The first-order chi connectivity index (χ1) is 31.7. The smallest absolute Gasteiger partial charge is 0.336 e. The van der Waals surface area contributed by atoms with Crippen molar-refractivity contribution in [3.05, 3.63) is 34.2 Å². The summed E-state index contributed by atoms with van der Waals surface area (Å²) in [5, 5.41) is 75.5. The highest BCUT2D eigenvalue weighted by Crippen LogP contribution is 2.41. The van der Waals surface area contributed by atoms with Gasteiger partial charge >= 0.3 is 11.6 Å². The molecule has 3 saturated heterocycles. The van der Waals surface area contributed by atoms with E-state index < -0.39 is 120 Å². The lowest BCUT2D eigenvalue weighted by molar-refractivity contribution is -0.318. The predicted octanol–water partition coefficient (Wildman–Crippen LogP) is 2.50. The molecule has 4 heterocycles. The summed E-state index contributed by atoms with van der Waals surface area (Å²) in [5.41, 5.74) is -5.31. The Kier molecular flexibility index (Phi) is 18.2. The van der Waals surface area contributed by atoms with Gasteiger partial charge in [0.15, 0.2) is 30.2 Å². The van der Waals surface area contributed by atoms with Crippen LogP contribution < -0.4 is 15.1 Å². The maximum Gasteiger partial charge on any atom is 0.336 e. The quantitative estimate of drug-likeness (QED) is 0.101. The van der Waals surface area contributed by atoms with Gasteiger partial charge < -0.3 is 82.7 Å². The van der Waals surface area contributed by atoms with Gasteiger partial charge in [-0.15, -0.1) is 0 Å². The Bertz CT molecular complexity index is 2100. The van der Waals surface area contributed by atoms with Gasteiger partial charge in [-0.3, -0.25) is 4.79 Å². The number of oxime groups is 1. The molecule has 2 aromatic rings. The van der Waals surface area contributed by atoms with Crippen LogP contribution >= 0.6 is 0 Å². The number of hydrogen-bond donors (Lipinski definition) is 6. The summed E-state index contributed by atoms with van der Waals surface area (Å²) in [7, 11) is 8.02. The number of aliphatic hydroxyl groups excluding tert-OH is 4. The van der Waals surface area contributed by atoms with E-state index in [1.165, 1.54) is 54.2 Å². The molecule has 3 fully saturated rings. The fourth-order valence-corrected chi connectivity index (χ4v) is 10.2. The number of ether oxygens (including phenoxy) is 8. The minimum Gasteiger partial charge on any atom is -0.493 e. The van der Waals surface area contributed by atoms with Crippen molar-refractivity contribution in [2.24, 2.45) is 28.8 Å². The second kappa shape index (κ2) is 22.3.